The molecule has 0 aromatic heterocycles. The molecule has 1 atom stereocenters. The summed E-state index contributed by atoms with van der Waals surface area (Å²) in [6, 6.07) is 7.85. The molecule has 1 aliphatic heterocycles. The summed E-state index contributed by atoms with van der Waals surface area (Å²) in [5.41, 5.74) is 2.51. The van der Waals surface area contributed by atoms with Gasteiger partial charge in [-0.3, -0.25) is 24.6 Å². The average molecular weight is 466 g/mol. The zero-order valence-corrected chi connectivity index (χ0v) is 18.1. The monoisotopic (exact) mass is 465 g/mol. The van der Waals surface area contributed by atoms with E-state index < -0.39 is 41.4 Å². The molecule has 7 nitrogen and oxygen atoms in total. The second-order valence-electron chi connectivity index (χ2n) is 7.20. The van der Waals surface area contributed by atoms with Gasteiger partial charge in [-0.15, -0.1) is 0 Å². The minimum Gasteiger partial charge on any atom is -0.274 e. The summed E-state index contributed by atoms with van der Waals surface area (Å²) in [7, 11) is 0. The number of nitrogens with one attached hydrogen (secondary N) is 1. The maximum Gasteiger partial charge on any atom is 0.269 e. The van der Waals surface area contributed by atoms with Crippen LogP contribution >= 0.6 is 23.2 Å². The summed E-state index contributed by atoms with van der Waals surface area (Å²) in [4.78, 5) is 52.0. The quantitative estimate of drug-likeness (QED) is 0.551. The molecule has 0 spiro atoms. The number of hydrogen-bond donors (Lipinski definition) is 1. The predicted molar refractivity (Wildman–Crippen MR) is 113 cm³/mol. The highest BCUT2D eigenvalue weighted by atomic mass is 35.5. The van der Waals surface area contributed by atoms with Crippen LogP contribution in [0.1, 0.15) is 30.6 Å². The first-order valence-corrected chi connectivity index (χ1v) is 10.1. The lowest BCUT2D eigenvalue weighted by atomic mass is 10.1. The molecule has 2 aromatic rings. The summed E-state index contributed by atoms with van der Waals surface area (Å²) in [5.74, 6) is -3.87. The number of amides is 4. The Balaban J connectivity index is 1.91. The van der Waals surface area contributed by atoms with E-state index in [1.165, 1.54) is 36.4 Å². The Morgan fingerprint density at radius 3 is 2.45 bits per heavy atom. The van der Waals surface area contributed by atoms with Crippen molar-refractivity contribution in [2.24, 2.45) is 5.92 Å². The second kappa shape index (κ2) is 9.03. The fraction of sp³-hybridized carbons (Fsp3) is 0.238. The van der Waals surface area contributed by atoms with Gasteiger partial charge in [0.1, 0.15) is 11.9 Å². The Morgan fingerprint density at radius 1 is 1.13 bits per heavy atom. The van der Waals surface area contributed by atoms with Crippen LogP contribution in [0.15, 0.2) is 42.5 Å². The van der Waals surface area contributed by atoms with Crippen molar-refractivity contribution in [2.75, 3.05) is 4.90 Å². The molecule has 0 saturated carbocycles. The number of carbonyl (C=O) groups is 4. The molecular weight excluding hydrogens is 448 g/mol. The van der Waals surface area contributed by atoms with Crippen molar-refractivity contribution in [2.45, 2.75) is 26.3 Å². The standard InChI is InChI=1S/C21H18Cl2FN3O4/c1-11(2)20(30)27(25-19(29)12-4-3-5-13(24)8-12)17-10-18(28)26(21(17)31)14-6-7-15(22)16(23)9-14/h3-9,11,17H,10H2,1-2H3,(H,25,29). The van der Waals surface area contributed by atoms with Crippen LogP contribution in [0, 0.1) is 11.7 Å². The van der Waals surface area contributed by atoms with Crippen molar-refractivity contribution in [1.29, 1.82) is 0 Å². The smallest absolute Gasteiger partial charge is 0.269 e. The largest absolute Gasteiger partial charge is 0.274 e. The molecule has 3 rings (SSSR count). The number of carbonyl (C=O) groups excluding carboxylic acids is 4. The lowest BCUT2D eigenvalue weighted by Crippen LogP contribution is -2.55. The van der Waals surface area contributed by atoms with Crippen LogP contribution in [0.25, 0.3) is 0 Å². The highest BCUT2D eigenvalue weighted by molar-refractivity contribution is 6.42. The normalized spacial score (nSPS) is 16.1. The summed E-state index contributed by atoms with van der Waals surface area (Å²) >= 11 is 11.9. The Kier molecular flexibility index (Phi) is 6.62. The van der Waals surface area contributed by atoms with E-state index in [2.05, 4.69) is 5.43 Å². The van der Waals surface area contributed by atoms with E-state index in [1.54, 1.807) is 13.8 Å². The summed E-state index contributed by atoms with van der Waals surface area (Å²) in [6.07, 6.45) is -0.346. The van der Waals surface area contributed by atoms with Gasteiger partial charge in [0.15, 0.2) is 0 Å². The predicted octanol–water partition coefficient (Wildman–Crippen LogP) is 3.59. The third kappa shape index (κ3) is 4.70. The number of benzene rings is 2. The molecule has 1 heterocycles. The number of hydrogen-bond acceptors (Lipinski definition) is 4. The van der Waals surface area contributed by atoms with Gasteiger partial charge in [-0.2, -0.15) is 0 Å². The maximum absolute atomic E-state index is 13.5. The van der Waals surface area contributed by atoms with Crippen molar-refractivity contribution < 1.29 is 23.6 Å². The number of nitrogens with zero attached hydrogens (tertiary/aromatic N) is 2. The molecule has 0 aliphatic carbocycles. The Morgan fingerprint density at radius 2 is 1.84 bits per heavy atom. The van der Waals surface area contributed by atoms with Gasteiger partial charge in [0, 0.05) is 11.5 Å². The number of halogens is 3. The first kappa shape index (κ1) is 22.7. The van der Waals surface area contributed by atoms with Gasteiger partial charge in [0.05, 0.1) is 22.2 Å². The van der Waals surface area contributed by atoms with E-state index in [4.69, 9.17) is 23.2 Å². The first-order chi connectivity index (χ1) is 14.6. The fourth-order valence-electron chi connectivity index (χ4n) is 3.08. The van der Waals surface area contributed by atoms with Crippen LogP contribution in [0.5, 0.6) is 0 Å². The zero-order valence-electron chi connectivity index (χ0n) is 16.6. The van der Waals surface area contributed by atoms with E-state index in [-0.39, 0.29) is 27.7 Å². The number of rotatable bonds is 4. The molecule has 1 saturated heterocycles. The van der Waals surface area contributed by atoms with E-state index >= 15 is 0 Å². The molecule has 1 aliphatic rings. The minimum atomic E-state index is -1.27. The van der Waals surface area contributed by atoms with E-state index in [0.717, 1.165) is 16.0 Å². The molecule has 1 N–H and O–H groups in total. The van der Waals surface area contributed by atoms with Crippen LogP contribution in [-0.2, 0) is 14.4 Å². The summed E-state index contributed by atoms with van der Waals surface area (Å²) < 4.78 is 13.5. The highest BCUT2D eigenvalue weighted by Crippen LogP contribution is 2.31. The first-order valence-electron chi connectivity index (χ1n) is 9.31. The van der Waals surface area contributed by atoms with E-state index in [1.807, 2.05) is 0 Å². The van der Waals surface area contributed by atoms with Crippen LogP contribution in [-0.4, -0.2) is 34.7 Å². The lowest BCUT2D eigenvalue weighted by molar-refractivity contribution is -0.143. The maximum atomic E-state index is 13.5. The van der Waals surface area contributed by atoms with Gasteiger partial charge in [-0.1, -0.05) is 43.1 Å². The molecule has 10 heteroatoms. The van der Waals surface area contributed by atoms with Crippen LogP contribution in [0.2, 0.25) is 10.0 Å². The number of imide groups is 1. The highest BCUT2D eigenvalue weighted by Gasteiger charge is 2.45. The Hall–Kier alpha value is -2.97. The Bertz CT molecular complexity index is 1080. The molecule has 2 aromatic carbocycles. The van der Waals surface area contributed by atoms with Crippen LogP contribution in [0.3, 0.4) is 0 Å². The summed E-state index contributed by atoms with van der Waals surface area (Å²) in [6.45, 7) is 3.17. The van der Waals surface area contributed by atoms with Crippen molar-refractivity contribution in [3.63, 3.8) is 0 Å². The number of hydrazine groups is 1. The molecule has 1 fully saturated rings. The van der Waals surface area contributed by atoms with Crippen molar-refractivity contribution in [3.05, 3.63) is 63.9 Å². The Labute approximate surface area is 187 Å². The average Bonchev–Trinajstić information content (AvgIpc) is 3.01. The van der Waals surface area contributed by atoms with Gasteiger partial charge in [-0.05, 0) is 36.4 Å². The second-order valence-corrected chi connectivity index (χ2v) is 8.01. The third-order valence-electron chi connectivity index (χ3n) is 4.64. The SMILES string of the molecule is CC(C)C(=O)N(NC(=O)c1cccc(F)c1)C1CC(=O)N(c2ccc(Cl)c(Cl)c2)C1=O. The molecule has 0 bridgehead atoms. The van der Waals surface area contributed by atoms with Gasteiger partial charge in [-0.25, -0.2) is 14.3 Å². The third-order valence-corrected chi connectivity index (χ3v) is 5.38. The van der Waals surface area contributed by atoms with Crippen molar-refractivity contribution in [1.82, 2.24) is 10.4 Å². The molecule has 1 unspecified atom stereocenters. The molecule has 4 amide bonds. The van der Waals surface area contributed by atoms with E-state index in [0.29, 0.717) is 0 Å². The molecule has 162 valence electrons. The van der Waals surface area contributed by atoms with Gasteiger partial charge < -0.3 is 0 Å². The van der Waals surface area contributed by atoms with Gasteiger partial charge in [0.2, 0.25) is 11.8 Å². The van der Waals surface area contributed by atoms with Crippen molar-refractivity contribution >= 4 is 52.5 Å². The topological polar surface area (TPSA) is 86.8 Å². The summed E-state index contributed by atoms with van der Waals surface area (Å²) in [5, 5.41) is 1.24. The van der Waals surface area contributed by atoms with Gasteiger partial charge in [0.25, 0.3) is 11.8 Å². The number of anilines is 1. The van der Waals surface area contributed by atoms with Gasteiger partial charge >= 0.3 is 0 Å². The zero-order chi connectivity index (χ0) is 22.9. The van der Waals surface area contributed by atoms with E-state index in [9.17, 15) is 23.6 Å². The van der Waals surface area contributed by atoms with Crippen LogP contribution < -0.4 is 10.3 Å². The fourth-order valence-corrected chi connectivity index (χ4v) is 3.37. The van der Waals surface area contributed by atoms with Crippen molar-refractivity contribution in [3.8, 4) is 0 Å². The molecule has 31 heavy (non-hydrogen) atoms. The van der Waals surface area contributed by atoms with Crippen LogP contribution in [0.4, 0.5) is 10.1 Å². The minimum absolute atomic E-state index is 0.0420. The molecule has 0 radical (unpaired) electrons. The lowest BCUT2D eigenvalue weighted by Gasteiger charge is -2.29. The molecular formula is C21H18Cl2FN3O4.